The summed E-state index contributed by atoms with van der Waals surface area (Å²) in [6.45, 7) is 1.29. The molecule has 1 aromatic carbocycles. The van der Waals surface area contributed by atoms with E-state index < -0.39 is 29.1 Å². The number of hydrogen-bond acceptors (Lipinski definition) is 7. The normalized spacial score (nSPS) is 18.8. The van der Waals surface area contributed by atoms with E-state index in [9.17, 15) is 13.2 Å². The number of aromatic amines is 1. The maximum atomic E-state index is 13.4. The summed E-state index contributed by atoms with van der Waals surface area (Å²) in [4.78, 5) is 22.2. The zero-order valence-electron chi connectivity index (χ0n) is 24.9. The molecule has 0 bridgehead atoms. The number of sulfonamides is 1. The molecule has 36 heavy (non-hydrogen) atoms. The van der Waals surface area contributed by atoms with Gasteiger partial charge in [-0.2, -0.15) is 5.10 Å². The van der Waals surface area contributed by atoms with Gasteiger partial charge in [-0.15, -0.1) is 0 Å². The highest BCUT2D eigenvalue weighted by molar-refractivity contribution is 7.89. The molecule has 1 fully saturated rings. The highest BCUT2D eigenvalue weighted by atomic mass is 32.2. The van der Waals surface area contributed by atoms with Crippen molar-refractivity contribution >= 4 is 21.1 Å². The van der Waals surface area contributed by atoms with Crippen LogP contribution in [0.5, 0.6) is 5.75 Å². The average molecular weight is 521 g/mol. The van der Waals surface area contributed by atoms with Gasteiger partial charge in [0.1, 0.15) is 17.1 Å². The average Bonchev–Trinajstić information content (AvgIpc) is 3.45. The minimum atomic E-state index is -4.31. The third kappa shape index (κ3) is 5.47. The van der Waals surface area contributed by atoms with Crippen molar-refractivity contribution in [2.45, 2.75) is 63.3 Å². The third-order valence-corrected chi connectivity index (χ3v) is 7.59. The van der Waals surface area contributed by atoms with Crippen LogP contribution in [0.25, 0.3) is 22.4 Å². The minimum absolute atomic E-state index is 0.00579. The second-order valence-electron chi connectivity index (χ2n) is 9.02. The number of ether oxygens (including phenoxy) is 1. The molecular weight excluding hydrogens is 480 g/mol. The van der Waals surface area contributed by atoms with Gasteiger partial charge in [0.25, 0.3) is 5.56 Å². The second kappa shape index (κ2) is 11.1. The van der Waals surface area contributed by atoms with Crippen molar-refractivity contribution in [3.8, 4) is 17.1 Å². The summed E-state index contributed by atoms with van der Waals surface area (Å²) in [5.41, 5.74) is 0.267. The van der Waals surface area contributed by atoms with Crippen LogP contribution in [0.2, 0.25) is 0 Å². The smallest absolute Gasteiger partial charge is 0.277 e. The van der Waals surface area contributed by atoms with Crippen LogP contribution in [0.15, 0.2) is 27.9 Å². The Morgan fingerprint density at radius 3 is 2.86 bits per heavy atom. The number of H-pyrrole nitrogens is 1. The monoisotopic (exact) mass is 520 g/mol. The Morgan fingerprint density at radius 2 is 2.17 bits per heavy atom. The van der Waals surface area contributed by atoms with Crippen LogP contribution in [-0.4, -0.2) is 65.8 Å². The number of rotatable bonds is 11. The summed E-state index contributed by atoms with van der Waals surface area (Å²) < 4.78 is 68.1. The van der Waals surface area contributed by atoms with E-state index in [1.165, 1.54) is 18.2 Å². The molecule has 1 aliphatic rings. The molecule has 3 heterocycles. The van der Waals surface area contributed by atoms with E-state index in [-0.39, 0.29) is 39.8 Å². The van der Waals surface area contributed by atoms with Gasteiger partial charge in [0, 0.05) is 25.0 Å². The number of likely N-dealkylation sites (tertiary alicyclic amines) is 1. The van der Waals surface area contributed by atoms with Gasteiger partial charge in [-0.1, -0.05) is 20.3 Å². The number of aromatic nitrogens is 4. The number of fused-ring (bicyclic) bond motifs is 1. The molecule has 0 spiro atoms. The van der Waals surface area contributed by atoms with Crippen molar-refractivity contribution < 1.29 is 18.6 Å². The quantitative estimate of drug-likeness (QED) is 0.399. The van der Waals surface area contributed by atoms with Crippen molar-refractivity contribution in [2.75, 3.05) is 26.7 Å². The molecule has 10 nitrogen and oxygen atoms in total. The van der Waals surface area contributed by atoms with Crippen LogP contribution in [0.4, 0.5) is 0 Å². The highest BCUT2D eigenvalue weighted by Crippen LogP contribution is 2.31. The van der Waals surface area contributed by atoms with Gasteiger partial charge in [0.2, 0.25) is 10.0 Å². The van der Waals surface area contributed by atoms with Gasteiger partial charge in [0.15, 0.2) is 5.52 Å². The molecule has 3 aromatic rings. The van der Waals surface area contributed by atoms with E-state index >= 15 is 0 Å². The zero-order chi connectivity index (χ0) is 29.2. The van der Waals surface area contributed by atoms with Gasteiger partial charge in [-0.25, -0.2) is 18.1 Å². The Labute approximate surface area is 217 Å². The van der Waals surface area contributed by atoms with Gasteiger partial charge >= 0.3 is 0 Å². The Hall–Kier alpha value is -2.76. The van der Waals surface area contributed by atoms with Gasteiger partial charge in [0.05, 0.1) is 22.8 Å². The lowest BCUT2D eigenvalue weighted by Crippen LogP contribution is -2.31. The predicted molar refractivity (Wildman–Crippen MR) is 140 cm³/mol. The molecule has 1 aliphatic heterocycles. The molecule has 1 unspecified atom stereocenters. The number of nitrogens with zero attached hydrogens (tertiary/aromatic N) is 4. The van der Waals surface area contributed by atoms with Gasteiger partial charge < -0.3 is 14.6 Å². The van der Waals surface area contributed by atoms with Gasteiger partial charge in [-0.05, 0) is 63.9 Å². The Bertz CT molecular complexity index is 1530. The van der Waals surface area contributed by atoms with Crippen LogP contribution in [0.1, 0.15) is 57.1 Å². The molecule has 2 N–H and O–H groups in total. The van der Waals surface area contributed by atoms with E-state index in [0.717, 1.165) is 24.1 Å². The number of hydrogen-bond donors (Lipinski definition) is 2. The summed E-state index contributed by atoms with van der Waals surface area (Å²) in [7, 11) is -2.41. The van der Waals surface area contributed by atoms with Gasteiger partial charge in [-0.3, -0.25) is 9.48 Å². The SMILES string of the molecule is [2H]C([2H])n1nc(CCC)c2nc(-c3cc(S(=O)(=O)NC([2H])([2H])CC4CCCN4C)ccc3OCCC)[nH]c(=O)c21. The highest BCUT2D eigenvalue weighted by Gasteiger charge is 2.23. The van der Waals surface area contributed by atoms with Crippen LogP contribution in [-0.2, 0) is 23.4 Å². The second-order valence-corrected chi connectivity index (χ2v) is 10.7. The predicted octanol–water partition coefficient (Wildman–Crippen LogP) is 2.83. The molecule has 0 radical (unpaired) electrons. The van der Waals surface area contributed by atoms with Crippen LogP contribution >= 0.6 is 0 Å². The van der Waals surface area contributed by atoms with Crippen molar-refractivity contribution in [1.82, 2.24) is 29.4 Å². The first-order valence-corrected chi connectivity index (χ1v) is 13.7. The summed E-state index contributed by atoms with van der Waals surface area (Å²) in [6.07, 6.45) is 3.59. The fourth-order valence-electron chi connectivity index (χ4n) is 4.39. The number of nitrogens with one attached hydrogen (secondary N) is 2. The minimum Gasteiger partial charge on any atom is -0.493 e. The molecular formula is C25H36N6O4S. The number of benzene rings is 1. The largest absolute Gasteiger partial charge is 0.493 e. The lowest BCUT2D eigenvalue weighted by atomic mass is 10.1. The molecule has 0 aliphatic carbocycles. The van der Waals surface area contributed by atoms with Crippen molar-refractivity contribution in [2.24, 2.45) is 7.00 Å². The summed E-state index contributed by atoms with van der Waals surface area (Å²) in [6, 6.07) is 4.03. The molecule has 1 atom stereocenters. The summed E-state index contributed by atoms with van der Waals surface area (Å²) in [5, 5.41) is 4.27. The molecule has 4 rings (SSSR count). The Balaban J connectivity index is 1.78. The van der Waals surface area contributed by atoms with Crippen LogP contribution in [0, 0.1) is 0 Å². The maximum Gasteiger partial charge on any atom is 0.277 e. The van der Waals surface area contributed by atoms with Crippen LogP contribution < -0.4 is 15.0 Å². The standard InChI is InChI=1S/C25H36N6O4S/c1-5-8-20-22-23(31(4)29-20)25(32)28-24(27-22)19-16-18(10-11-21(19)35-15-6-2)36(33,34)26-13-12-17-9-7-14-30(17)3/h10-11,16-17,26H,5-9,12-15H2,1-4H3,(H,27,28,32)/i4D2,13D2. The molecule has 0 saturated carbocycles. The maximum absolute atomic E-state index is 13.4. The molecule has 2 aromatic heterocycles. The summed E-state index contributed by atoms with van der Waals surface area (Å²) in [5.74, 6) is 0.335. The van der Waals surface area contributed by atoms with Crippen molar-refractivity contribution in [3.63, 3.8) is 0 Å². The topological polar surface area (TPSA) is 122 Å². The first-order chi connectivity index (χ1) is 18.9. The van der Waals surface area contributed by atoms with E-state index in [0.29, 0.717) is 37.3 Å². The van der Waals surface area contributed by atoms with Crippen LogP contribution in [0.3, 0.4) is 0 Å². The van der Waals surface area contributed by atoms with E-state index in [1.807, 2.05) is 25.8 Å². The molecule has 1 saturated heterocycles. The third-order valence-electron chi connectivity index (χ3n) is 6.31. The lowest BCUT2D eigenvalue weighted by molar-refractivity contribution is 0.297. The van der Waals surface area contributed by atoms with E-state index in [4.69, 9.17) is 10.2 Å². The first-order valence-electron chi connectivity index (χ1n) is 14.4. The van der Waals surface area contributed by atoms with Crippen molar-refractivity contribution in [1.29, 1.82) is 0 Å². The van der Waals surface area contributed by atoms with E-state index in [2.05, 4.69) is 19.8 Å². The zero-order valence-corrected chi connectivity index (χ0v) is 21.7. The summed E-state index contributed by atoms with van der Waals surface area (Å²) >= 11 is 0. The first kappa shape index (κ1) is 21.3. The Morgan fingerprint density at radius 1 is 1.33 bits per heavy atom. The Kier molecular flexibility index (Phi) is 6.58. The molecule has 196 valence electrons. The number of aryl methyl sites for hydroxylation is 2. The molecule has 11 heteroatoms. The molecule has 0 amide bonds. The fraction of sp³-hybridized carbons (Fsp3) is 0.560. The lowest BCUT2D eigenvalue weighted by Gasteiger charge is -2.19. The fourth-order valence-corrected chi connectivity index (χ4v) is 5.30. The van der Waals surface area contributed by atoms with Crippen molar-refractivity contribution in [3.05, 3.63) is 34.2 Å². The van der Waals surface area contributed by atoms with E-state index in [1.54, 1.807) is 0 Å².